The van der Waals surface area contributed by atoms with E-state index < -0.39 is 0 Å². The topological polar surface area (TPSA) is 42.7 Å². The number of nitrogens with one attached hydrogen (secondary N) is 1. The zero-order valence-electron chi connectivity index (χ0n) is 9.69. The van der Waals surface area contributed by atoms with Crippen LogP contribution in [-0.2, 0) is 0 Å². The Morgan fingerprint density at radius 1 is 0.944 bits per heavy atom. The first-order valence-corrected chi connectivity index (χ1v) is 5.69. The highest BCUT2D eigenvalue weighted by molar-refractivity contribution is 5.54. The van der Waals surface area contributed by atoms with Gasteiger partial charge in [-0.15, -0.1) is 0 Å². The summed E-state index contributed by atoms with van der Waals surface area (Å²) in [5, 5.41) is 3.24. The smallest absolute Gasteiger partial charge is 0.212 e. The molecule has 0 aliphatic rings. The zero-order chi connectivity index (χ0) is 12.2. The van der Waals surface area contributed by atoms with Crippen LogP contribution in [-0.4, -0.2) is 14.5 Å². The number of benzene rings is 1. The van der Waals surface area contributed by atoms with Gasteiger partial charge < -0.3 is 5.32 Å². The average Bonchev–Trinajstić information content (AvgIpc) is 2.89. The van der Waals surface area contributed by atoms with Crippen LogP contribution < -0.4 is 5.32 Å². The third-order valence-electron chi connectivity index (χ3n) is 2.59. The SMILES string of the molecule is c1ccc(-n2ccnc2Nc2cccnc2)cc1. The summed E-state index contributed by atoms with van der Waals surface area (Å²) >= 11 is 0. The first kappa shape index (κ1) is 10.5. The fraction of sp³-hybridized carbons (Fsp3) is 0. The van der Waals surface area contributed by atoms with Gasteiger partial charge in [-0.1, -0.05) is 18.2 Å². The Balaban J connectivity index is 1.93. The molecule has 0 saturated heterocycles. The molecule has 0 amide bonds. The Hall–Kier alpha value is -2.62. The molecule has 4 nitrogen and oxygen atoms in total. The summed E-state index contributed by atoms with van der Waals surface area (Å²) in [7, 11) is 0. The van der Waals surface area contributed by atoms with Gasteiger partial charge in [-0.2, -0.15) is 0 Å². The van der Waals surface area contributed by atoms with Gasteiger partial charge in [0.1, 0.15) is 0 Å². The van der Waals surface area contributed by atoms with E-state index in [0.717, 1.165) is 17.3 Å². The highest BCUT2D eigenvalue weighted by Gasteiger charge is 2.04. The van der Waals surface area contributed by atoms with Crippen molar-refractivity contribution in [1.29, 1.82) is 0 Å². The lowest BCUT2D eigenvalue weighted by Crippen LogP contribution is -2.00. The van der Waals surface area contributed by atoms with Crippen molar-refractivity contribution < 1.29 is 0 Å². The van der Waals surface area contributed by atoms with Crippen LogP contribution in [0.25, 0.3) is 5.69 Å². The van der Waals surface area contributed by atoms with Gasteiger partial charge in [0.25, 0.3) is 0 Å². The van der Waals surface area contributed by atoms with Crippen LogP contribution in [0.5, 0.6) is 0 Å². The summed E-state index contributed by atoms with van der Waals surface area (Å²) in [4.78, 5) is 8.38. The van der Waals surface area contributed by atoms with E-state index in [1.54, 1.807) is 18.6 Å². The van der Waals surface area contributed by atoms with Gasteiger partial charge in [-0.25, -0.2) is 4.98 Å². The molecule has 0 saturated carbocycles. The largest absolute Gasteiger partial charge is 0.324 e. The molecule has 3 rings (SSSR count). The second kappa shape index (κ2) is 4.71. The van der Waals surface area contributed by atoms with Crippen LogP contribution in [0, 0.1) is 0 Å². The van der Waals surface area contributed by atoms with Crippen LogP contribution in [0.15, 0.2) is 67.3 Å². The second-order valence-electron chi connectivity index (χ2n) is 3.82. The maximum atomic E-state index is 4.31. The maximum absolute atomic E-state index is 4.31. The van der Waals surface area contributed by atoms with Crippen molar-refractivity contribution in [3.8, 4) is 5.69 Å². The molecule has 0 fully saturated rings. The number of rotatable bonds is 3. The van der Waals surface area contributed by atoms with Gasteiger partial charge in [-0.05, 0) is 24.3 Å². The van der Waals surface area contributed by atoms with E-state index >= 15 is 0 Å². The van der Waals surface area contributed by atoms with Gasteiger partial charge in [0.05, 0.1) is 11.9 Å². The molecular formula is C14H12N4. The second-order valence-corrected chi connectivity index (χ2v) is 3.82. The number of imidazole rings is 1. The third-order valence-corrected chi connectivity index (χ3v) is 2.59. The average molecular weight is 236 g/mol. The van der Waals surface area contributed by atoms with Gasteiger partial charge in [0, 0.05) is 24.3 Å². The molecule has 0 spiro atoms. The van der Waals surface area contributed by atoms with Crippen LogP contribution in [0.3, 0.4) is 0 Å². The van der Waals surface area contributed by atoms with Crippen molar-refractivity contribution in [2.24, 2.45) is 0 Å². The van der Waals surface area contributed by atoms with Crippen LogP contribution in [0.1, 0.15) is 0 Å². The highest BCUT2D eigenvalue weighted by atomic mass is 15.2. The van der Waals surface area contributed by atoms with Crippen LogP contribution >= 0.6 is 0 Å². The van der Waals surface area contributed by atoms with E-state index in [2.05, 4.69) is 15.3 Å². The Morgan fingerprint density at radius 3 is 2.61 bits per heavy atom. The summed E-state index contributed by atoms with van der Waals surface area (Å²) < 4.78 is 1.99. The molecule has 0 aliphatic heterocycles. The Labute approximate surface area is 105 Å². The fourth-order valence-electron chi connectivity index (χ4n) is 1.76. The molecular weight excluding hydrogens is 224 g/mol. The lowest BCUT2D eigenvalue weighted by Gasteiger charge is -2.09. The number of hydrogen-bond donors (Lipinski definition) is 1. The Kier molecular flexibility index (Phi) is 2.75. The van der Waals surface area contributed by atoms with E-state index in [4.69, 9.17) is 0 Å². The van der Waals surface area contributed by atoms with Gasteiger partial charge in [0.15, 0.2) is 0 Å². The monoisotopic (exact) mass is 236 g/mol. The molecule has 1 N–H and O–H groups in total. The zero-order valence-corrected chi connectivity index (χ0v) is 9.69. The standard InChI is InChI=1S/C14H12N4/c1-2-6-13(7-3-1)18-10-9-16-14(18)17-12-5-4-8-15-11-12/h1-11H,(H,16,17). The normalized spacial score (nSPS) is 10.2. The molecule has 0 unspecified atom stereocenters. The Morgan fingerprint density at radius 2 is 1.83 bits per heavy atom. The minimum absolute atomic E-state index is 0.772. The van der Waals surface area contributed by atoms with Gasteiger partial charge in [-0.3, -0.25) is 9.55 Å². The summed E-state index contributed by atoms with van der Waals surface area (Å²) in [6.45, 7) is 0. The van der Waals surface area contributed by atoms with Crippen molar-refractivity contribution in [3.63, 3.8) is 0 Å². The van der Waals surface area contributed by atoms with E-state index in [-0.39, 0.29) is 0 Å². The summed E-state index contributed by atoms with van der Waals surface area (Å²) in [5.74, 6) is 0.772. The molecule has 2 heterocycles. The first-order chi connectivity index (χ1) is 8.93. The molecule has 4 heteroatoms. The maximum Gasteiger partial charge on any atom is 0.212 e. The van der Waals surface area contributed by atoms with Crippen molar-refractivity contribution in [3.05, 3.63) is 67.3 Å². The quantitative estimate of drug-likeness (QED) is 0.760. The highest BCUT2D eigenvalue weighted by Crippen LogP contribution is 2.17. The molecule has 18 heavy (non-hydrogen) atoms. The predicted octanol–water partition coefficient (Wildman–Crippen LogP) is 3.01. The van der Waals surface area contributed by atoms with E-state index in [0.29, 0.717) is 0 Å². The van der Waals surface area contributed by atoms with E-state index in [9.17, 15) is 0 Å². The number of hydrogen-bond acceptors (Lipinski definition) is 3. The molecule has 0 aliphatic carbocycles. The summed E-state index contributed by atoms with van der Waals surface area (Å²) in [6.07, 6.45) is 7.21. The van der Waals surface area contributed by atoms with Crippen molar-refractivity contribution >= 4 is 11.6 Å². The van der Waals surface area contributed by atoms with Crippen molar-refractivity contribution in [1.82, 2.24) is 14.5 Å². The molecule has 88 valence electrons. The molecule has 1 aromatic carbocycles. The number of para-hydroxylation sites is 1. The molecule has 3 aromatic rings. The number of aromatic nitrogens is 3. The first-order valence-electron chi connectivity index (χ1n) is 5.69. The van der Waals surface area contributed by atoms with E-state index in [1.165, 1.54) is 0 Å². The van der Waals surface area contributed by atoms with Crippen molar-refractivity contribution in [2.75, 3.05) is 5.32 Å². The van der Waals surface area contributed by atoms with Crippen LogP contribution in [0.2, 0.25) is 0 Å². The number of pyridine rings is 1. The van der Waals surface area contributed by atoms with E-state index in [1.807, 2.05) is 53.2 Å². The van der Waals surface area contributed by atoms with Crippen LogP contribution in [0.4, 0.5) is 11.6 Å². The fourth-order valence-corrected chi connectivity index (χ4v) is 1.76. The molecule has 2 aromatic heterocycles. The minimum Gasteiger partial charge on any atom is -0.324 e. The minimum atomic E-state index is 0.772. The predicted molar refractivity (Wildman–Crippen MR) is 71.1 cm³/mol. The van der Waals surface area contributed by atoms with Crippen molar-refractivity contribution in [2.45, 2.75) is 0 Å². The lowest BCUT2D eigenvalue weighted by atomic mass is 10.3. The number of nitrogens with zero attached hydrogens (tertiary/aromatic N) is 3. The number of anilines is 2. The lowest BCUT2D eigenvalue weighted by molar-refractivity contribution is 1.06. The summed E-state index contributed by atoms with van der Waals surface area (Å²) in [6, 6.07) is 13.9. The molecule has 0 atom stereocenters. The third kappa shape index (κ3) is 2.08. The van der Waals surface area contributed by atoms with Gasteiger partial charge in [0.2, 0.25) is 5.95 Å². The van der Waals surface area contributed by atoms with Gasteiger partial charge >= 0.3 is 0 Å². The molecule has 0 radical (unpaired) electrons. The molecule has 0 bridgehead atoms. The Bertz CT molecular complexity index is 617. The summed E-state index contributed by atoms with van der Waals surface area (Å²) in [5.41, 5.74) is 1.99.